The van der Waals surface area contributed by atoms with E-state index in [4.69, 9.17) is 22.4 Å². The summed E-state index contributed by atoms with van der Waals surface area (Å²) in [4.78, 5) is 14.6. The van der Waals surface area contributed by atoms with Gasteiger partial charge in [0, 0.05) is 32.5 Å². The Morgan fingerprint density at radius 3 is 1.72 bits per heavy atom. The van der Waals surface area contributed by atoms with Crippen molar-refractivity contribution in [2.75, 3.05) is 39.6 Å². The Kier molecular flexibility index (Phi) is 12.2. The zero-order valence-corrected chi connectivity index (χ0v) is 21.6. The number of rotatable bonds is 17. The van der Waals surface area contributed by atoms with E-state index in [0.717, 1.165) is 31.5 Å². The first-order chi connectivity index (χ1) is 13.8. The van der Waals surface area contributed by atoms with Crippen LogP contribution in [0.2, 0.25) is 25.2 Å². The summed E-state index contributed by atoms with van der Waals surface area (Å²) in [7, 11) is -4.21. The molecule has 1 rings (SSSR count). The Labute approximate surface area is 179 Å². The Morgan fingerprint density at radius 2 is 1.28 bits per heavy atom. The lowest BCUT2D eigenvalue weighted by atomic mass is 10.3. The monoisotopic (exact) mass is 449 g/mol. The molecular weight excluding hydrogens is 406 g/mol. The molecule has 9 heteroatoms. The second kappa shape index (κ2) is 13.2. The first kappa shape index (κ1) is 26.7. The summed E-state index contributed by atoms with van der Waals surface area (Å²) in [5, 5.41) is 0. The molecule has 1 saturated heterocycles. The van der Waals surface area contributed by atoms with E-state index < -0.39 is 17.1 Å². The van der Waals surface area contributed by atoms with Gasteiger partial charge in [0.25, 0.3) is 0 Å². The van der Waals surface area contributed by atoms with Gasteiger partial charge in [-0.15, -0.1) is 0 Å². The average molecular weight is 450 g/mol. The second-order valence-corrected chi connectivity index (χ2v) is 14.5. The Morgan fingerprint density at radius 1 is 0.828 bits per heavy atom. The van der Waals surface area contributed by atoms with Crippen molar-refractivity contribution in [1.29, 1.82) is 0 Å². The first-order valence-corrected chi connectivity index (χ1v) is 16.3. The van der Waals surface area contributed by atoms with Crippen molar-refractivity contribution in [3.63, 3.8) is 0 Å². The fraction of sp³-hybridized carbons (Fsp3) is 0.950. The van der Waals surface area contributed by atoms with Crippen LogP contribution < -0.4 is 0 Å². The molecule has 0 radical (unpaired) electrons. The summed E-state index contributed by atoms with van der Waals surface area (Å²) in [5.41, 5.74) is 0. The molecule has 0 aromatic rings. The molecule has 172 valence electrons. The summed E-state index contributed by atoms with van der Waals surface area (Å²) < 4.78 is 29.0. The van der Waals surface area contributed by atoms with Crippen molar-refractivity contribution >= 4 is 23.1 Å². The molecule has 3 unspecified atom stereocenters. The number of esters is 1. The molecule has 0 bridgehead atoms. The lowest BCUT2D eigenvalue weighted by Crippen LogP contribution is -2.39. The van der Waals surface area contributed by atoms with Gasteiger partial charge < -0.3 is 22.4 Å². The normalized spacial score (nSPS) is 22.0. The quantitative estimate of drug-likeness (QED) is 0.145. The molecule has 7 nitrogen and oxygen atoms in total. The fourth-order valence-corrected chi connectivity index (χ4v) is 8.68. The van der Waals surface area contributed by atoms with Crippen LogP contribution in [0.15, 0.2) is 0 Å². The number of hydrogen-bond acceptors (Lipinski definition) is 7. The Bertz CT molecular complexity index is 470. The Hall–Kier alpha value is -0.296. The van der Waals surface area contributed by atoms with Crippen LogP contribution in [0.25, 0.3) is 0 Å². The third kappa shape index (κ3) is 9.16. The maximum Gasteiger partial charge on any atom is 0.335 e. The van der Waals surface area contributed by atoms with Crippen LogP contribution in [-0.4, -0.2) is 79.7 Å². The number of nitrogens with zero attached hydrogens (tertiary/aromatic N) is 1. The summed E-state index contributed by atoms with van der Waals surface area (Å²) in [6.07, 6.45) is 1.76. The van der Waals surface area contributed by atoms with E-state index in [1.165, 1.54) is 0 Å². The molecule has 1 aliphatic rings. The van der Waals surface area contributed by atoms with Crippen molar-refractivity contribution in [1.82, 2.24) is 4.90 Å². The van der Waals surface area contributed by atoms with Crippen LogP contribution in [0.5, 0.6) is 0 Å². The molecule has 29 heavy (non-hydrogen) atoms. The molecule has 0 spiro atoms. The van der Waals surface area contributed by atoms with Crippen LogP contribution in [0.1, 0.15) is 47.5 Å². The summed E-state index contributed by atoms with van der Waals surface area (Å²) in [6.45, 7) is 18.3. The van der Waals surface area contributed by atoms with Gasteiger partial charge in [-0.1, -0.05) is 0 Å². The maximum absolute atomic E-state index is 12.4. The van der Waals surface area contributed by atoms with Crippen LogP contribution in [0, 0.1) is 0 Å². The molecule has 1 fully saturated rings. The molecule has 1 aliphatic heterocycles. The van der Waals surface area contributed by atoms with Crippen LogP contribution in [0.3, 0.4) is 0 Å². The van der Waals surface area contributed by atoms with Gasteiger partial charge in [-0.05, 0) is 79.2 Å². The average Bonchev–Trinajstić information content (AvgIpc) is 3.29. The predicted octanol–water partition coefficient (Wildman–Crippen LogP) is 3.67. The largest absolute Gasteiger partial charge is 0.464 e. The molecule has 0 aliphatic carbocycles. The highest BCUT2D eigenvalue weighted by molar-refractivity contribution is 6.66. The van der Waals surface area contributed by atoms with Crippen molar-refractivity contribution in [3.8, 4) is 0 Å². The number of ether oxygens (including phenoxy) is 1. The van der Waals surface area contributed by atoms with Crippen LogP contribution in [-0.2, 0) is 27.2 Å². The first-order valence-electron chi connectivity index (χ1n) is 11.2. The smallest absolute Gasteiger partial charge is 0.335 e. The molecular formula is C20H43NO6Si2. The van der Waals surface area contributed by atoms with Crippen molar-refractivity contribution in [2.45, 2.75) is 84.7 Å². The van der Waals surface area contributed by atoms with E-state index in [-0.39, 0.29) is 18.1 Å². The molecule has 0 amide bonds. The Balaban J connectivity index is 2.31. The highest BCUT2D eigenvalue weighted by atomic mass is 28.4. The highest BCUT2D eigenvalue weighted by Crippen LogP contribution is 2.30. The van der Waals surface area contributed by atoms with E-state index in [1.807, 2.05) is 27.7 Å². The van der Waals surface area contributed by atoms with Gasteiger partial charge >= 0.3 is 23.1 Å². The van der Waals surface area contributed by atoms with E-state index in [2.05, 4.69) is 24.9 Å². The third-order valence-corrected chi connectivity index (χ3v) is 11.5. The van der Waals surface area contributed by atoms with Gasteiger partial charge in [-0.3, -0.25) is 9.69 Å². The summed E-state index contributed by atoms with van der Waals surface area (Å²) in [6, 6.07) is 1.92. The SMILES string of the molecule is CCO[Si](C)(CCCOC(=O)C1C(C)N1CCC[Si](C)(OCC)OCC)OCC. The van der Waals surface area contributed by atoms with Crippen molar-refractivity contribution in [3.05, 3.63) is 0 Å². The van der Waals surface area contributed by atoms with Gasteiger partial charge in [0.1, 0.15) is 6.04 Å². The van der Waals surface area contributed by atoms with E-state index in [1.54, 1.807) is 0 Å². The number of carbonyl (C=O) groups is 1. The lowest BCUT2D eigenvalue weighted by molar-refractivity contribution is -0.144. The minimum atomic E-state index is -2.13. The molecule has 3 atom stereocenters. The maximum atomic E-state index is 12.4. The molecule has 0 aromatic heterocycles. The topological polar surface area (TPSA) is 66.2 Å². The minimum absolute atomic E-state index is 0.107. The van der Waals surface area contributed by atoms with E-state index in [9.17, 15) is 4.79 Å². The molecule has 0 saturated carbocycles. The second-order valence-electron chi connectivity index (χ2n) is 7.80. The lowest BCUT2D eigenvalue weighted by Gasteiger charge is -2.26. The van der Waals surface area contributed by atoms with E-state index >= 15 is 0 Å². The van der Waals surface area contributed by atoms with Crippen LogP contribution >= 0.6 is 0 Å². The van der Waals surface area contributed by atoms with Crippen molar-refractivity contribution < 1.29 is 27.2 Å². The van der Waals surface area contributed by atoms with Gasteiger partial charge in [0.05, 0.1) is 6.61 Å². The molecule has 0 aromatic carbocycles. The van der Waals surface area contributed by atoms with Gasteiger partial charge in [0.15, 0.2) is 0 Å². The standard InChI is InChI=1S/C20H43NO6Si2/c1-8-24-28(6,25-9-2)16-12-14-21-18(5)19(21)20(22)23-15-13-17-29(7,26-10-3)27-11-4/h18-19H,8-17H2,1-7H3. The third-order valence-electron chi connectivity index (χ3n) is 5.35. The molecule has 0 N–H and O–H groups in total. The van der Waals surface area contributed by atoms with Gasteiger partial charge in [-0.2, -0.15) is 0 Å². The van der Waals surface area contributed by atoms with Crippen molar-refractivity contribution in [2.24, 2.45) is 0 Å². The summed E-state index contributed by atoms with van der Waals surface area (Å²) in [5.74, 6) is -0.108. The number of hydrogen-bond donors (Lipinski definition) is 0. The fourth-order valence-electron chi connectivity index (χ4n) is 3.91. The molecule has 1 heterocycles. The highest BCUT2D eigenvalue weighted by Gasteiger charge is 2.50. The summed E-state index contributed by atoms with van der Waals surface area (Å²) >= 11 is 0. The zero-order valence-electron chi connectivity index (χ0n) is 19.6. The number of carbonyl (C=O) groups excluding carboxylic acids is 1. The van der Waals surface area contributed by atoms with Gasteiger partial charge in [-0.25, -0.2) is 0 Å². The van der Waals surface area contributed by atoms with Gasteiger partial charge in [0.2, 0.25) is 0 Å². The predicted molar refractivity (Wildman–Crippen MR) is 120 cm³/mol. The zero-order chi connectivity index (χ0) is 21.9. The minimum Gasteiger partial charge on any atom is -0.464 e. The van der Waals surface area contributed by atoms with E-state index in [0.29, 0.717) is 33.0 Å². The van der Waals surface area contributed by atoms with Crippen LogP contribution in [0.4, 0.5) is 0 Å².